The molecule has 1 unspecified atom stereocenters. The highest BCUT2D eigenvalue weighted by atomic mass is 16.1. The predicted octanol–water partition coefficient (Wildman–Crippen LogP) is 2.28. The van der Waals surface area contributed by atoms with Gasteiger partial charge in [-0.2, -0.15) is 0 Å². The number of aryl methyl sites for hydroxylation is 1. The van der Waals surface area contributed by atoms with E-state index in [1.54, 1.807) is 6.33 Å². The average Bonchev–Trinajstić information content (AvgIpc) is 3.31. The number of hydrogen-bond acceptors (Lipinski definition) is 7. The van der Waals surface area contributed by atoms with Crippen LogP contribution in [0.2, 0.25) is 0 Å². The summed E-state index contributed by atoms with van der Waals surface area (Å²) in [5.41, 5.74) is 3.79. The van der Waals surface area contributed by atoms with Crippen LogP contribution in [-0.4, -0.2) is 77.9 Å². The van der Waals surface area contributed by atoms with Crippen LogP contribution >= 0.6 is 0 Å². The number of rotatable bonds is 5. The van der Waals surface area contributed by atoms with Crippen LogP contribution in [0.4, 0.5) is 11.6 Å². The van der Waals surface area contributed by atoms with E-state index in [0.29, 0.717) is 19.0 Å². The maximum atomic E-state index is 12.0. The molecule has 0 radical (unpaired) electrons. The van der Waals surface area contributed by atoms with Crippen molar-refractivity contribution in [1.29, 1.82) is 0 Å². The second kappa shape index (κ2) is 8.93. The zero-order valence-corrected chi connectivity index (χ0v) is 18.4. The molecule has 31 heavy (non-hydrogen) atoms. The summed E-state index contributed by atoms with van der Waals surface area (Å²) in [6.45, 7) is 9.96. The van der Waals surface area contributed by atoms with E-state index in [4.69, 9.17) is 0 Å². The normalized spacial score (nSPS) is 21.1. The van der Waals surface area contributed by atoms with Crippen molar-refractivity contribution in [3.8, 4) is 0 Å². The molecule has 4 heterocycles. The van der Waals surface area contributed by atoms with E-state index in [1.807, 2.05) is 0 Å². The van der Waals surface area contributed by atoms with Gasteiger partial charge in [0.05, 0.1) is 6.54 Å². The molecule has 1 aromatic carbocycles. The number of anilines is 2. The highest BCUT2D eigenvalue weighted by Gasteiger charge is 2.31. The second-order valence-corrected chi connectivity index (χ2v) is 9.00. The summed E-state index contributed by atoms with van der Waals surface area (Å²) in [5.74, 6) is 1.95. The van der Waals surface area contributed by atoms with Gasteiger partial charge in [-0.1, -0.05) is 24.3 Å². The maximum absolute atomic E-state index is 12.0. The Morgan fingerprint density at radius 1 is 1.03 bits per heavy atom. The molecule has 2 aromatic rings. The van der Waals surface area contributed by atoms with E-state index in [2.05, 4.69) is 61.2 Å². The van der Waals surface area contributed by atoms with Gasteiger partial charge >= 0.3 is 0 Å². The third-order valence-electron chi connectivity index (χ3n) is 6.98. The topological polar surface area (TPSA) is 64.6 Å². The fourth-order valence-corrected chi connectivity index (χ4v) is 5.26. The number of nitrogens with one attached hydrogen (secondary N) is 1. The lowest BCUT2D eigenvalue weighted by Crippen LogP contribution is -2.50. The van der Waals surface area contributed by atoms with Crippen molar-refractivity contribution >= 4 is 17.4 Å². The summed E-state index contributed by atoms with van der Waals surface area (Å²) in [4.78, 5) is 28.5. The van der Waals surface area contributed by atoms with E-state index < -0.39 is 0 Å². The first-order valence-corrected chi connectivity index (χ1v) is 11.6. The highest BCUT2D eigenvalue weighted by molar-refractivity contribution is 5.90. The Kier molecular flexibility index (Phi) is 5.87. The van der Waals surface area contributed by atoms with Crippen LogP contribution in [0, 0.1) is 6.92 Å². The van der Waals surface area contributed by atoms with Crippen molar-refractivity contribution in [1.82, 2.24) is 19.8 Å². The molecule has 2 saturated heterocycles. The number of aromatic nitrogens is 2. The number of piperazine rings is 1. The van der Waals surface area contributed by atoms with Gasteiger partial charge in [0.2, 0.25) is 0 Å². The summed E-state index contributed by atoms with van der Waals surface area (Å²) >= 11 is 0. The van der Waals surface area contributed by atoms with Gasteiger partial charge in [-0.25, -0.2) is 9.97 Å². The van der Waals surface area contributed by atoms with E-state index in [-0.39, 0.29) is 5.78 Å². The monoisotopic (exact) mass is 420 g/mol. The van der Waals surface area contributed by atoms with Crippen molar-refractivity contribution in [2.75, 3.05) is 62.6 Å². The summed E-state index contributed by atoms with van der Waals surface area (Å²) in [6, 6.07) is 9.27. The third kappa shape index (κ3) is 4.29. The molecular formula is C24H32N6O. The standard InChI is InChI=1S/C24H32N6O/c1-18-6-2-3-7-20(18)22(16-28-8-4-5-9-28)29-10-12-30(13-11-29)24-21-14-19(31)15-25-23(21)26-17-27-24/h2-3,6-7,17,22H,4-5,8-16H2,1H3,(H,25,26,27). The lowest BCUT2D eigenvalue weighted by molar-refractivity contribution is -0.117. The fourth-order valence-electron chi connectivity index (χ4n) is 5.26. The van der Waals surface area contributed by atoms with Gasteiger partial charge in [0, 0.05) is 50.7 Å². The first-order valence-electron chi connectivity index (χ1n) is 11.6. The number of fused-ring (bicyclic) bond motifs is 1. The maximum Gasteiger partial charge on any atom is 0.156 e. The van der Waals surface area contributed by atoms with Crippen LogP contribution in [0.3, 0.4) is 0 Å². The Hall–Kier alpha value is -2.51. The molecule has 7 nitrogen and oxygen atoms in total. The Morgan fingerprint density at radius 2 is 1.81 bits per heavy atom. The molecule has 1 N–H and O–H groups in total. The van der Waals surface area contributed by atoms with Crippen molar-refractivity contribution in [3.05, 3.63) is 47.3 Å². The molecule has 0 spiro atoms. The molecule has 164 valence electrons. The van der Waals surface area contributed by atoms with Crippen LogP contribution < -0.4 is 10.2 Å². The Labute approximate surface area is 184 Å². The summed E-state index contributed by atoms with van der Waals surface area (Å²) in [5, 5.41) is 3.14. The molecule has 7 heteroatoms. The lowest BCUT2D eigenvalue weighted by Gasteiger charge is -2.42. The van der Waals surface area contributed by atoms with Gasteiger partial charge in [-0.3, -0.25) is 9.69 Å². The Bertz CT molecular complexity index is 933. The van der Waals surface area contributed by atoms with Crippen molar-refractivity contribution < 1.29 is 4.79 Å². The van der Waals surface area contributed by atoms with Crippen LogP contribution in [0.5, 0.6) is 0 Å². The zero-order valence-electron chi connectivity index (χ0n) is 18.4. The zero-order chi connectivity index (χ0) is 21.2. The van der Waals surface area contributed by atoms with E-state index in [9.17, 15) is 4.79 Å². The third-order valence-corrected chi connectivity index (χ3v) is 6.98. The molecule has 1 aromatic heterocycles. The molecule has 3 aliphatic heterocycles. The molecular weight excluding hydrogens is 388 g/mol. The largest absolute Gasteiger partial charge is 0.363 e. The number of likely N-dealkylation sites (tertiary alicyclic amines) is 1. The number of carbonyl (C=O) groups is 1. The molecule has 1 atom stereocenters. The SMILES string of the molecule is Cc1ccccc1C(CN1CCCC1)N1CCN(c2ncnc3c2CC(=O)CN3)CC1. The van der Waals surface area contributed by atoms with Crippen LogP contribution in [0.1, 0.15) is 35.6 Å². The quantitative estimate of drug-likeness (QED) is 0.796. The number of carbonyl (C=O) groups excluding carboxylic acids is 1. The fraction of sp³-hybridized carbons (Fsp3) is 0.542. The van der Waals surface area contributed by atoms with Gasteiger partial charge in [-0.05, 0) is 44.0 Å². The molecule has 2 fully saturated rings. The number of nitrogens with zero attached hydrogens (tertiary/aromatic N) is 5. The minimum Gasteiger partial charge on any atom is -0.363 e. The molecule has 0 bridgehead atoms. The Balaban J connectivity index is 1.33. The molecule has 3 aliphatic rings. The minimum atomic E-state index is 0.201. The van der Waals surface area contributed by atoms with E-state index in [1.165, 1.54) is 37.1 Å². The predicted molar refractivity (Wildman–Crippen MR) is 123 cm³/mol. The van der Waals surface area contributed by atoms with Crippen LogP contribution in [0.25, 0.3) is 0 Å². The smallest absolute Gasteiger partial charge is 0.156 e. The van der Waals surface area contributed by atoms with Gasteiger partial charge in [-0.15, -0.1) is 0 Å². The summed E-state index contributed by atoms with van der Waals surface area (Å²) in [7, 11) is 0. The lowest BCUT2D eigenvalue weighted by atomic mass is 9.98. The number of ketones is 1. The van der Waals surface area contributed by atoms with Crippen molar-refractivity contribution in [3.63, 3.8) is 0 Å². The summed E-state index contributed by atoms with van der Waals surface area (Å²) < 4.78 is 0. The van der Waals surface area contributed by atoms with Gasteiger partial charge in [0.1, 0.15) is 18.0 Å². The number of hydrogen-bond donors (Lipinski definition) is 1. The number of benzene rings is 1. The first kappa shape index (κ1) is 20.4. The van der Waals surface area contributed by atoms with Gasteiger partial charge in [0.25, 0.3) is 0 Å². The molecule has 0 amide bonds. The number of Topliss-reactive ketones (excluding diaryl/α,β-unsaturated/α-hetero) is 1. The van der Waals surface area contributed by atoms with E-state index >= 15 is 0 Å². The van der Waals surface area contributed by atoms with Crippen molar-refractivity contribution in [2.24, 2.45) is 0 Å². The summed E-state index contributed by atoms with van der Waals surface area (Å²) in [6.07, 6.45) is 4.69. The minimum absolute atomic E-state index is 0.201. The highest BCUT2D eigenvalue weighted by Crippen LogP contribution is 2.31. The average molecular weight is 421 g/mol. The van der Waals surface area contributed by atoms with Gasteiger partial charge < -0.3 is 15.1 Å². The Morgan fingerprint density at radius 3 is 2.58 bits per heavy atom. The molecule has 0 saturated carbocycles. The van der Waals surface area contributed by atoms with E-state index in [0.717, 1.165) is 49.9 Å². The first-order chi connectivity index (χ1) is 15.2. The van der Waals surface area contributed by atoms with Crippen LogP contribution in [0.15, 0.2) is 30.6 Å². The second-order valence-electron chi connectivity index (χ2n) is 9.00. The molecule has 0 aliphatic carbocycles. The van der Waals surface area contributed by atoms with Crippen LogP contribution in [-0.2, 0) is 11.2 Å². The molecule has 5 rings (SSSR count). The van der Waals surface area contributed by atoms with Gasteiger partial charge in [0.15, 0.2) is 5.78 Å². The van der Waals surface area contributed by atoms with Crippen molar-refractivity contribution in [2.45, 2.75) is 32.2 Å².